The van der Waals surface area contributed by atoms with Gasteiger partial charge in [-0.25, -0.2) is 0 Å². The van der Waals surface area contributed by atoms with Crippen molar-refractivity contribution in [3.63, 3.8) is 0 Å². The van der Waals surface area contributed by atoms with Gasteiger partial charge >= 0.3 is 11.9 Å². The lowest BCUT2D eigenvalue weighted by Crippen LogP contribution is -2.33. The lowest BCUT2D eigenvalue weighted by atomic mass is 10.2. The fourth-order valence-corrected chi connectivity index (χ4v) is 2.51. The molecule has 0 unspecified atom stereocenters. The number of alkyl halides is 3. The molecule has 1 heterocycles. The molecule has 1 amide bonds. The first kappa shape index (κ1) is 21.3. The molecular formula is C15H14ClF3N4O5. The second-order valence-corrected chi connectivity index (χ2v) is 5.83. The summed E-state index contributed by atoms with van der Waals surface area (Å²) >= 11 is 5.71. The van der Waals surface area contributed by atoms with Crippen LogP contribution in [0.1, 0.15) is 12.6 Å². The van der Waals surface area contributed by atoms with E-state index in [-0.39, 0.29) is 11.5 Å². The minimum absolute atomic E-state index is 0.126. The van der Waals surface area contributed by atoms with Crippen molar-refractivity contribution in [2.45, 2.75) is 19.2 Å². The molecule has 0 fully saturated rings. The van der Waals surface area contributed by atoms with Crippen LogP contribution in [0.2, 0.25) is 5.02 Å². The highest BCUT2D eigenvalue weighted by molar-refractivity contribution is 6.32. The van der Waals surface area contributed by atoms with Gasteiger partial charge in [0.2, 0.25) is 5.75 Å². The van der Waals surface area contributed by atoms with E-state index in [9.17, 15) is 28.1 Å². The van der Waals surface area contributed by atoms with E-state index in [1.807, 2.05) is 0 Å². The number of aryl methyl sites for hydroxylation is 1. The van der Waals surface area contributed by atoms with Crippen LogP contribution < -0.4 is 14.8 Å². The van der Waals surface area contributed by atoms with Crippen molar-refractivity contribution in [1.29, 1.82) is 0 Å². The summed E-state index contributed by atoms with van der Waals surface area (Å²) in [5.74, 6) is -1.53. The predicted octanol–water partition coefficient (Wildman–Crippen LogP) is 3.31. The lowest BCUT2D eigenvalue weighted by Gasteiger charge is -2.14. The zero-order valence-corrected chi connectivity index (χ0v) is 15.5. The Morgan fingerprint density at radius 1 is 1.43 bits per heavy atom. The number of halogens is 4. The van der Waals surface area contributed by atoms with Gasteiger partial charge in [-0.1, -0.05) is 11.6 Å². The molecule has 1 aromatic heterocycles. The first-order valence-electron chi connectivity index (χ1n) is 7.60. The molecule has 1 N–H and O–H groups in total. The van der Waals surface area contributed by atoms with Gasteiger partial charge in [0.1, 0.15) is 10.8 Å². The summed E-state index contributed by atoms with van der Waals surface area (Å²) in [6.07, 6.45) is -5.83. The Labute approximate surface area is 161 Å². The third-order valence-corrected chi connectivity index (χ3v) is 3.83. The van der Waals surface area contributed by atoms with Crippen LogP contribution in [0, 0.1) is 10.1 Å². The average molecular weight is 423 g/mol. The van der Waals surface area contributed by atoms with Gasteiger partial charge in [-0.05, 0) is 13.0 Å². The van der Waals surface area contributed by atoms with Crippen LogP contribution in [0.4, 0.5) is 18.9 Å². The van der Waals surface area contributed by atoms with E-state index in [2.05, 4.69) is 10.4 Å². The minimum Gasteiger partial charge on any atom is -0.474 e. The Kier molecular flexibility index (Phi) is 6.02. The third-order valence-electron chi connectivity index (χ3n) is 3.49. The van der Waals surface area contributed by atoms with Crippen molar-refractivity contribution < 1.29 is 32.4 Å². The van der Waals surface area contributed by atoms with Crippen LogP contribution in [-0.4, -0.2) is 33.8 Å². The monoisotopic (exact) mass is 422 g/mol. The highest BCUT2D eigenvalue weighted by Gasteiger charge is 2.39. The van der Waals surface area contributed by atoms with Crippen molar-refractivity contribution in [2.24, 2.45) is 7.05 Å². The SMILES string of the molecule is CNC(=O)[C@H](C)Oc1cc(Oc2nn(C)c(C(F)(F)F)c2Cl)ccc1[N+](=O)[O-]. The van der Waals surface area contributed by atoms with Gasteiger partial charge < -0.3 is 14.8 Å². The molecule has 0 aliphatic rings. The topological polar surface area (TPSA) is 109 Å². The van der Waals surface area contributed by atoms with E-state index in [0.29, 0.717) is 4.68 Å². The van der Waals surface area contributed by atoms with Gasteiger partial charge in [0.25, 0.3) is 11.8 Å². The molecule has 0 aliphatic carbocycles. The van der Waals surface area contributed by atoms with Crippen molar-refractivity contribution in [3.8, 4) is 17.4 Å². The molecule has 28 heavy (non-hydrogen) atoms. The molecule has 13 heteroatoms. The molecule has 2 rings (SSSR count). The number of benzene rings is 1. The van der Waals surface area contributed by atoms with Gasteiger partial charge in [-0.3, -0.25) is 19.6 Å². The van der Waals surface area contributed by atoms with E-state index < -0.39 is 45.4 Å². The number of nitrogens with zero attached hydrogens (tertiary/aromatic N) is 3. The molecular weight excluding hydrogens is 409 g/mol. The van der Waals surface area contributed by atoms with E-state index in [4.69, 9.17) is 21.1 Å². The molecule has 0 spiro atoms. The van der Waals surface area contributed by atoms with Gasteiger partial charge in [-0.15, -0.1) is 5.10 Å². The van der Waals surface area contributed by atoms with Gasteiger partial charge in [0, 0.05) is 26.2 Å². The number of nitrogens with one attached hydrogen (secondary N) is 1. The van der Waals surface area contributed by atoms with Crippen molar-refractivity contribution >= 4 is 23.2 Å². The largest absolute Gasteiger partial charge is 0.474 e. The van der Waals surface area contributed by atoms with Gasteiger partial charge in [0.15, 0.2) is 11.8 Å². The van der Waals surface area contributed by atoms with Crippen molar-refractivity contribution in [2.75, 3.05) is 7.05 Å². The number of aromatic nitrogens is 2. The molecule has 152 valence electrons. The third kappa shape index (κ3) is 4.44. The fraction of sp³-hybridized carbons (Fsp3) is 0.333. The molecule has 0 saturated carbocycles. The van der Waals surface area contributed by atoms with Gasteiger partial charge in [0.05, 0.1) is 4.92 Å². The Hall–Kier alpha value is -3.02. The minimum atomic E-state index is -4.76. The van der Waals surface area contributed by atoms with Crippen LogP contribution >= 0.6 is 11.6 Å². The Morgan fingerprint density at radius 3 is 2.57 bits per heavy atom. The smallest absolute Gasteiger partial charge is 0.434 e. The number of hydrogen-bond donors (Lipinski definition) is 1. The number of ether oxygens (including phenoxy) is 2. The number of hydrogen-bond acceptors (Lipinski definition) is 6. The van der Waals surface area contributed by atoms with Crippen LogP contribution in [0.5, 0.6) is 17.4 Å². The van der Waals surface area contributed by atoms with Gasteiger partial charge in [-0.2, -0.15) is 13.2 Å². The molecule has 0 radical (unpaired) electrons. The van der Waals surface area contributed by atoms with E-state index >= 15 is 0 Å². The van der Waals surface area contributed by atoms with E-state index in [0.717, 1.165) is 25.2 Å². The lowest BCUT2D eigenvalue weighted by molar-refractivity contribution is -0.386. The summed E-state index contributed by atoms with van der Waals surface area (Å²) < 4.78 is 50.0. The highest BCUT2D eigenvalue weighted by Crippen LogP contribution is 2.41. The Morgan fingerprint density at radius 2 is 2.07 bits per heavy atom. The number of rotatable bonds is 6. The molecule has 2 aromatic rings. The Balaban J connectivity index is 2.39. The average Bonchev–Trinajstić information content (AvgIpc) is 2.87. The molecule has 9 nitrogen and oxygen atoms in total. The summed E-state index contributed by atoms with van der Waals surface area (Å²) in [7, 11) is 2.40. The molecule has 1 aromatic carbocycles. The molecule has 0 aliphatic heterocycles. The standard InChI is InChI=1S/C15H14ClF3N4O5/c1-7(13(24)20-2)27-10-6-8(4-5-9(10)23(25)26)28-14-11(16)12(15(17,18)19)22(3)21-14/h4-7H,1-3H3,(H,20,24)/t7-/m0/s1. The number of amides is 1. The highest BCUT2D eigenvalue weighted by atomic mass is 35.5. The first-order valence-corrected chi connectivity index (χ1v) is 7.97. The van der Waals surface area contributed by atoms with Crippen LogP contribution in [0.15, 0.2) is 18.2 Å². The fourth-order valence-electron chi connectivity index (χ4n) is 2.21. The maximum Gasteiger partial charge on any atom is 0.434 e. The zero-order chi connectivity index (χ0) is 21.2. The van der Waals surface area contributed by atoms with Crippen molar-refractivity contribution in [1.82, 2.24) is 15.1 Å². The summed E-state index contributed by atoms with van der Waals surface area (Å²) in [5.41, 5.74) is -1.68. The van der Waals surface area contributed by atoms with Crippen LogP contribution in [-0.2, 0) is 18.0 Å². The number of carbonyl (C=O) groups excluding carboxylic acids is 1. The second kappa shape index (κ2) is 7.92. The Bertz CT molecular complexity index is 916. The molecule has 0 saturated heterocycles. The summed E-state index contributed by atoms with van der Waals surface area (Å²) in [6.45, 7) is 1.36. The maximum atomic E-state index is 13.0. The molecule has 0 bridgehead atoms. The van der Waals surface area contributed by atoms with E-state index in [1.54, 1.807) is 0 Å². The van der Waals surface area contributed by atoms with Crippen molar-refractivity contribution in [3.05, 3.63) is 39.0 Å². The maximum absolute atomic E-state index is 13.0. The zero-order valence-electron chi connectivity index (χ0n) is 14.7. The summed E-state index contributed by atoms with van der Waals surface area (Å²) in [6, 6.07) is 3.20. The van der Waals surface area contributed by atoms with E-state index in [1.165, 1.54) is 14.0 Å². The summed E-state index contributed by atoms with van der Waals surface area (Å²) in [5, 5.41) is 16.3. The van der Waals surface area contributed by atoms with Crippen LogP contribution in [0.25, 0.3) is 0 Å². The molecule has 1 atom stereocenters. The predicted molar refractivity (Wildman–Crippen MR) is 90.5 cm³/mol. The number of nitro benzene ring substituents is 1. The summed E-state index contributed by atoms with van der Waals surface area (Å²) in [4.78, 5) is 22.0. The quantitative estimate of drug-likeness (QED) is 0.565. The first-order chi connectivity index (χ1) is 13.0. The van der Waals surface area contributed by atoms with Crippen LogP contribution in [0.3, 0.4) is 0 Å². The number of carbonyl (C=O) groups is 1. The normalized spacial score (nSPS) is 12.4. The number of nitro groups is 1. The second-order valence-electron chi connectivity index (χ2n) is 5.45. The number of likely N-dealkylation sites (N-methyl/N-ethyl adjacent to an activating group) is 1.